The summed E-state index contributed by atoms with van der Waals surface area (Å²) < 4.78 is 42.2. The number of rotatable bonds is 3. The molecule has 0 atom stereocenters. The molecule has 1 aromatic heterocycles. The molecule has 2 rings (SSSR count). The van der Waals surface area contributed by atoms with Crippen LogP contribution in [0.15, 0.2) is 18.3 Å². The summed E-state index contributed by atoms with van der Waals surface area (Å²) in [5.74, 6) is -1.62. The third-order valence-corrected chi connectivity index (χ3v) is 3.10. The first-order valence-corrected chi connectivity index (χ1v) is 6.21. The minimum atomic E-state index is -4.87. The molecule has 0 saturated heterocycles. The number of nitrogens with zero attached hydrogens (tertiary/aromatic N) is 1. The quantitative estimate of drug-likeness (QED) is 0.791. The Kier molecular flexibility index (Phi) is 4.07. The van der Waals surface area contributed by atoms with Gasteiger partial charge in [-0.2, -0.15) is 13.2 Å². The second kappa shape index (κ2) is 5.59. The first kappa shape index (κ1) is 13.8. The number of pyridine rings is 1. The zero-order valence-corrected chi connectivity index (χ0v) is 10.2. The monoisotopic (exact) mass is 273 g/mol. The number of hydrogen-bond acceptors (Lipinski definition) is 3. The molecule has 0 aliphatic heterocycles. The first-order chi connectivity index (χ1) is 8.97. The maximum atomic E-state index is 12.2. The molecule has 1 fully saturated rings. The van der Waals surface area contributed by atoms with Crippen LogP contribution in [0.3, 0.4) is 0 Å². The van der Waals surface area contributed by atoms with Gasteiger partial charge in [0.15, 0.2) is 0 Å². The number of carbonyl (C=O) groups is 1. The molecular formula is C13H14F3NO2. The van der Waals surface area contributed by atoms with Crippen LogP contribution in [0.25, 0.3) is 0 Å². The molecule has 6 heteroatoms. The molecule has 0 bridgehead atoms. The van der Waals surface area contributed by atoms with Crippen LogP contribution in [-0.4, -0.2) is 23.0 Å². The third kappa shape index (κ3) is 3.68. The van der Waals surface area contributed by atoms with E-state index in [2.05, 4.69) is 4.98 Å². The van der Waals surface area contributed by atoms with Crippen LogP contribution in [0, 0.1) is 0 Å². The van der Waals surface area contributed by atoms with Gasteiger partial charge < -0.3 is 4.74 Å². The Labute approximate surface area is 108 Å². The first-order valence-electron chi connectivity index (χ1n) is 6.21. The number of hydrogen-bond donors (Lipinski definition) is 0. The highest BCUT2D eigenvalue weighted by Crippen LogP contribution is 2.24. The van der Waals surface area contributed by atoms with Gasteiger partial charge in [0.1, 0.15) is 6.10 Å². The van der Waals surface area contributed by atoms with Gasteiger partial charge in [-0.15, -0.1) is 0 Å². The topological polar surface area (TPSA) is 39.2 Å². The standard InChI is InChI=1S/C13H14F3NO2/c14-13(15,16)12(18)9-6-7-11(17-8-9)19-10-4-2-1-3-5-10/h6-8,10H,1-5H2. The molecule has 1 saturated carbocycles. The Hall–Kier alpha value is -1.59. The lowest BCUT2D eigenvalue weighted by Gasteiger charge is -2.22. The molecule has 0 unspecified atom stereocenters. The Morgan fingerprint density at radius 3 is 2.42 bits per heavy atom. The summed E-state index contributed by atoms with van der Waals surface area (Å²) in [4.78, 5) is 14.7. The van der Waals surface area contributed by atoms with E-state index in [4.69, 9.17) is 4.74 Å². The number of alkyl halides is 3. The molecule has 3 nitrogen and oxygen atoms in total. The molecule has 1 aliphatic carbocycles. The van der Waals surface area contributed by atoms with Crippen molar-refractivity contribution in [3.63, 3.8) is 0 Å². The van der Waals surface area contributed by atoms with Crippen molar-refractivity contribution < 1.29 is 22.7 Å². The van der Waals surface area contributed by atoms with Crippen LogP contribution in [0.5, 0.6) is 5.88 Å². The summed E-state index contributed by atoms with van der Waals surface area (Å²) in [5.41, 5.74) is -0.469. The normalized spacial score (nSPS) is 17.2. The molecule has 1 aliphatic rings. The number of ether oxygens (including phenoxy) is 1. The van der Waals surface area contributed by atoms with E-state index in [9.17, 15) is 18.0 Å². The van der Waals surface area contributed by atoms with Crippen molar-refractivity contribution in [1.82, 2.24) is 4.98 Å². The van der Waals surface area contributed by atoms with Crippen LogP contribution in [0.1, 0.15) is 42.5 Å². The van der Waals surface area contributed by atoms with Crippen molar-refractivity contribution in [2.45, 2.75) is 44.4 Å². The second-order valence-electron chi connectivity index (χ2n) is 4.59. The van der Waals surface area contributed by atoms with E-state index in [-0.39, 0.29) is 12.0 Å². The number of Topliss-reactive ketones (excluding diaryl/α,β-unsaturated/α-hetero) is 1. The van der Waals surface area contributed by atoms with E-state index in [0.29, 0.717) is 0 Å². The van der Waals surface area contributed by atoms with Crippen molar-refractivity contribution in [2.24, 2.45) is 0 Å². The Bertz CT molecular complexity index is 436. The van der Waals surface area contributed by atoms with Crippen molar-refractivity contribution in [3.8, 4) is 5.88 Å². The predicted octanol–water partition coefficient (Wildman–Crippen LogP) is 3.54. The van der Waals surface area contributed by atoms with Gasteiger partial charge in [-0.25, -0.2) is 4.98 Å². The third-order valence-electron chi connectivity index (χ3n) is 3.10. The molecule has 1 aromatic rings. The summed E-state index contributed by atoms with van der Waals surface area (Å²) in [5, 5.41) is 0. The molecular weight excluding hydrogens is 259 g/mol. The van der Waals surface area contributed by atoms with Gasteiger partial charge in [0.2, 0.25) is 5.88 Å². The zero-order chi connectivity index (χ0) is 13.9. The smallest absolute Gasteiger partial charge is 0.454 e. The highest BCUT2D eigenvalue weighted by Gasteiger charge is 2.39. The lowest BCUT2D eigenvalue weighted by atomic mass is 9.98. The Balaban J connectivity index is 2.00. The number of aromatic nitrogens is 1. The summed E-state index contributed by atoms with van der Waals surface area (Å²) >= 11 is 0. The van der Waals surface area contributed by atoms with Gasteiger partial charge in [0, 0.05) is 17.8 Å². The van der Waals surface area contributed by atoms with Crippen LogP contribution in [0.4, 0.5) is 13.2 Å². The van der Waals surface area contributed by atoms with E-state index in [1.165, 1.54) is 12.5 Å². The van der Waals surface area contributed by atoms with Crippen molar-refractivity contribution in [1.29, 1.82) is 0 Å². The Morgan fingerprint density at radius 2 is 1.89 bits per heavy atom. The predicted molar refractivity (Wildman–Crippen MR) is 62.1 cm³/mol. The van der Waals surface area contributed by atoms with Gasteiger partial charge >= 0.3 is 6.18 Å². The molecule has 0 radical (unpaired) electrons. The van der Waals surface area contributed by atoms with Gasteiger partial charge in [-0.1, -0.05) is 6.42 Å². The van der Waals surface area contributed by atoms with Gasteiger partial charge in [0.25, 0.3) is 5.78 Å². The Morgan fingerprint density at radius 1 is 1.21 bits per heavy atom. The lowest BCUT2D eigenvalue weighted by molar-refractivity contribution is -0.0885. The number of ketones is 1. The summed E-state index contributed by atoms with van der Waals surface area (Å²) in [6, 6.07) is 2.41. The van der Waals surface area contributed by atoms with Crippen LogP contribution >= 0.6 is 0 Å². The van der Waals surface area contributed by atoms with Crippen LogP contribution in [0.2, 0.25) is 0 Å². The highest BCUT2D eigenvalue weighted by atomic mass is 19.4. The summed E-state index contributed by atoms with van der Waals surface area (Å²) in [7, 11) is 0. The summed E-state index contributed by atoms with van der Waals surface area (Å²) in [6.45, 7) is 0. The van der Waals surface area contributed by atoms with E-state index >= 15 is 0 Å². The molecule has 0 N–H and O–H groups in total. The average Bonchev–Trinajstić information content (AvgIpc) is 2.39. The maximum absolute atomic E-state index is 12.2. The molecule has 0 amide bonds. The second-order valence-corrected chi connectivity index (χ2v) is 4.59. The lowest BCUT2D eigenvalue weighted by Crippen LogP contribution is -2.23. The minimum Gasteiger partial charge on any atom is -0.474 e. The van der Waals surface area contributed by atoms with E-state index < -0.39 is 17.5 Å². The van der Waals surface area contributed by atoms with Crippen LogP contribution in [-0.2, 0) is 0 Å². The van der Waals surface area contributed by atoms with E-state index in [0.717, 1.165) is 37.9 Å². The van der Waals surface area contributed by atoms with E-state index in [1.807, 2.05) is 0 Å². The minimum absolute atomic E-state index is 0.0745. The fourth-order valence-electron chi connectivity index (χ4n) is 2.10. The molecule has 1 heterocycles. The van der Waals surface area contributed by atoms with Gasteiger partial charge in [0.05, 0.1) is 0 Å². The molecule has 104 valence electrons. The number of carbonyl (C=O) groups excluding carboxylic acids is 1. The van der Waals surface area contributed by atoms with Gasteiger partial charge in [-0.3, -0.25) is 4.79 Å². The highest BCUT2D eigenvalue weighted by molar-refractivity contribution is 5.99. The molecule has 0 aromatic carbocycles. The van der Waals surface area contributed by atoms with Crippen molar-refractivity contribution >= 4 is 5.78 Å². The van der Waals surface area contributed by atoms with Crippen LogP contribution < -0.4 is 4.74 Å². The fourth-order valence-corrected chi connectivity index (χ4v) is 2.10. The molecule has 0 spiro atoms. The SMILES string of the molecule is O=C(c1ccc(OC2CCCCC2)nc1)C(F)(F)F. The van der Waals surface area contributed by atoms with Crippen molar-refractivity contribution in [3.05, 3.63) is 23.9 Å². The zero-order valence-electron chi connectivity index (χ0n) is 10.2. The number of halogens is 3. The van der Waals surface area contributed by atoms with Crippen molar-refractivity contribution in [2.75, 3.05) is 0 Å². The van der Waals surface area contributed by atoms with E-state index in [1.54, 1.807) is 0 Å². The fraction of sp³-hybridized carbons (Fsp3) is 0.538. The molecule has 19 heavy (non-hydrogen) atoms. The summed E-state index contributed by atoms with van der Waals surface area (Å²) in [6.07, 6.45) is 1.36. The largest absolute Gasteiger partial charge is 0.474 e. The average molecular weight is 273 g/mol. The maximum Gasteiger partial charge on any atom is 0.454 e. The van der Waals surface area contributed by atoms with Gasteiger partial charge in [-0.05, 0) is 31.7 Å².